The molecule has 1 aromatic rings. The second-order valence-electron chi connectivity index (χ2n) is 7.07. The molecule has 2 rings (SSSR count). The topological polar surface area (TPSA) is 61.4 Å². The van der Waals surface area contributed by atoms with E-state index in [1.165, 1.54) is 5.56 Å². The molecule has 1 atom stereocenters. The molecule has 0 heterocycles. The summed E-state index contributed by atoms with van der Waals surface area (Å²) in [6, 6.07) is 8.55. The summed E-state index contributed by atoms with van der Waals surface area (Å²) in [6.07, 6.45) is 4.02. The Hall–Kier alpha value is -1.39. The van der Waals surface area contributed by atoms with Crippen molar-refractivity contribution in [1.29, 1.82) is 0 Å². The Labute approximate surface area is 139 Å². The predicted molar refractivity (Wildman–Crippen MR) is 94.6 cm³/mol. The van der Waals surface area contributed by atoms with Crippen molar-refractivity contribution in [3.05, 3.63) is 29.8 Å². The highest BCUT2D eigenvalue weighted by Gasteiger charge is 2.21. The van der Waals surface area contributed by atoms with Crippen LogP contribution in [0.2, 0.25) is 0 Å². The van der Waals surface area contributed by atoms with Crippen LogP contribution in [0.25, 0.3) is 0 Å². The number of nitrogens with one attached hydrogen (secondary N) is 2. The minimum Gasteiger partial charge on any atom is -0.393 e. The van der Waals surface area contributed by atoms with Gasteiger partial charge in [0.1, 0.15) is 0 Å². The molecule has 1 aromatic carbocycles. The fourth-order valence-corrected chi connectivity index (χ4v) is 3.30. The quantitative estimate of drug-likeness (QED) is 0.753. The lowest BCUT2D eigenvalue weighted by Crippen LogP contribution is -2.41. The van der Waals surface area contributed by atoms with Gasteiger partial charge in [-0.15, -0.1) is 0 Å². The number of hydrogen-bond donors (Lipinski definition) is 3. The molecule has 1 saturated carbocycles. The van der Waals surface area contributed by atoms with E-state index in [1.54, 1.807) is 0 Å². The van der Waals surface area contributed by atoms with Crippen LogP contribution in [0.5, 0.6) is 0 Å². The van der Waals surface area contributed by atoms with Crippen LogP contribution in [0.3, 0.4) is 0 Å². The molecule has 4 nitrogen and oxygen atoms in total. The molecule has 23 heavy (non-hydrogen) atoms. The fraction of sp³-hybridized carbons (Fsp3) is 0.632. The Balaban J connectivity index is 1.82. The Morgan fingerprint density at radius 2 is 1.83 bits per heavy atom. The van der Waals surface area contributed by atoms with E-state index in [4.69, 9.17) is 0 Å². The summed E-state index contributed by atoms with van der Waals surface area (Å²) in [6.45, 7) is 6.32. The molecule has 0 aromatic heterocycles. The summed E-state index contributed by atoms with van der Waals surface area (Å²) in [5.74, 6) is 0.435. The Morgan fingerprint density at radius 3 is 2.48 bits per heavy atom. The lowest BCUT2D eigenvalue weighted by atomic mass is 9.92. The van der Waals surface area contributed by atoms with Crippen molar-refractivity contribution in [3.8, 4) is 0 Å². The normalized spacial score (nSPS) is 22.8. The number of aliphatic hydroxyl groups is 1. The standard InChI is InChI=1S/C19H30N2O2/c1-13(2)17-6-4-5-7-18(17)21-19(23)12-14(3)20-15-8-10-16(22)11-9-15/h4-7,13-16,20,22H,8-12H2,1-3H3,(H,21,23). The van der Waals surface area contributed by atoms with Gasteiger partial charge in [-0.2, -0.15) is 0 Å². The van der Waals surface area contributed by atoms with E-state index in [0.717, 1.165) is 31.4 Å². The van der Waals surface area contributed by atoms with Crippen molar-refractivity contribution < 1.29 is 9.90 Å². The molecule has 3 N–H and O–H groups in total. The monoisotopic (exact) mass is 318 g/mol. The Morgan fingerprint density at radius 1 is 1.17 bits per heavy atom. The second kappa shape index (κ2) is 8.46. The van der Waals surface area contributed by atoms with Crippen LogP contribution >= 0.6 is 0 Å². The molecule has 0 saturated heterocycles. The zero-order valence-corrected chi connectivity index (χ0v) is 14.5. The number of benzene rings is 1. The first kappa shape index (κ1) is 18.0. The van der Waals surface area contributed by atoms with Gasteiger partial charge in [0, 0.05) is 24.2 Å². The molecule has 1 fully saturated rings. The molecule has 1 aliphatic carbocycles. The molecule has 0 radical (unpaired) electrons. The zero-order chi connectivity index (χ0) is 16.8. The average Bonchev–Trinajstić information content (AvgIpc) is 2.49. The van der Waals surface area contributed by atoms with Crippen LogP contribution in [0, 0.1) is 0 Å². The van der Waals surface area contributed by atoms with E-state index in [2.05, 4.69) is 37.5 Å². The first-order valence-electron chi connectivity index (χ1n) is 8.78. The lowest BCUT2D eigenvalue weighted by Gasteiger charge is -2.29. The number of amides is 1. The molecule has 4 heteroatoms. The van der Waals surface area contributed by atoms with Crippen molar-refractivity contribution >= 4 is 11.6 Å². The van der Waals surface area contributed by atoms with Gasteiger partial charge < -0.3 is 15.7 Å². The van der Waals surface area contributed by atoms with Gasteiger partial charge >= 0.3 is 0 Å². The van der Waals surface area contributed by atoms with Crippen molar-refractivity contribution in [2.45, 2.75) is 77.0 Å². The summed E-state index contributed by atoms with van der Waals surface area (Å²) in [4.78, 5) is 12.3. The van der Waals surface area contributed by atoms with Crippen LogP contribution in [0.4, 0.5) is 5.69 Å². The van der Waals surface area contributed by atoms with E-state index < -0.39 is 0 Å². The molecular formula is C19H30N2O2. The highest BCUT2D eigenvalue weighted by molar-refractivity contribution is 5.91. The molecule has 0 bridgehead atoms. The number of para-hydroxylation sites is 1. The summed E-state index contributed by atoms with van der Waals surface area (Å²) in [7, 11) is 0. The van der Waals surface area contributed by atoms with Crippen LogP contribution in [0.15, 0.2) is 24.3 Å². The third-order valence-electron chi connectivity index (χ3n) is 4.57. The average molecular weight is 318 g/mol. The van der Waals surface area contributed by atoms with Gasteiger partial charge in [-0.25, -0.2) is 0 Å². The van der Waals surface area contributed by atoms with E-state index >= 15 is 0 Å². The molecule has 1 unspecified atom stereocenters. The zero-order valence-electron chi connectivity index (χ0n) is 14.5. The first-order valence-corrected chi connectivity index (χ1v) is 8.78. The van der Waals surface area contributed by atoms with Crippen molar-refractivity contribution in [1.82, 2.24) is 5.32 Å². The molecule has 128 valence electrons. The molecule has 0 spiro atoms. The molecule has 0 aliphatic heterocycles. The van der Waals surface area contributed by atoms with Crippen LogP contribution < -0.4 is 10.6 Å². The van der Waals surface area contributed by atoms with Gasteiger partial charge in [0.15, 0.2) is 0 Å². The maximum Gasteiger partial charge on any atom is 0.225 e. The molecule has 1 amide bonds. The Kier molecular flexibility index (Phi) is 6.60. The van der Waals surface area contributed by atoms with Crippen LogP contribution in [-0.2, 0) is 4.79 Å². The molecular weight excluding hydrogens is 288 g/mol. The summed E-state index contributed by atoms with van der Waals surface area (Å²) in [5, 5.41) is 16.1. The minimum absolute atomic E-state index is 0.0499. The van der Waals surface area contributed by atoms with Gasteiger partial charge in [0.2, 0.25) is 5.91 Å². The van der Waals surface area contributed by atoms with E-state index in [1.807, 2.05) is 18.2 Å². The maximum atomic E-state index is 12.3. The number of hydrogen-bond acceptors (Lipinski definition) is 3. The number of anilines is 1. The van der Waals surface area contributed by atoms with E-state index in [9.17, 15) is 9.90 Å². The number of carbonyl (C=O) groups is 1. The highest BCUT2D eigenvalue weighted by atomic mass is 16.3. The van der Waals surface area contributed by atoms with E-state index in [0.29, 0.717) is 18.4 Å². The number of carbonyl (C=O) groups excluding carboxylic acids is 1. The minimum atomic E-state index is -0.140. The maximum absolute atomic E-state index is 12.3. The number of aliphatic hydroxyl groups excluding tert-OH is 1. The predicted octanol–water partition coefficient (Wildman–Crippen LogP) is 3.42. The van der Waals surface area contributed by atoms with Gasteiger partial charge in [0.25, 0.3) is 0 Å². The number of rotatable bonds is 6. The van der Waals surface area contributed by atoms with Crippen LogP contribution in [0.1, 0.15) is 64.4 Å². The SMILES string of the molecule is CC(CC(=O)Nc1ccccc1C(C)C)NC1CCC(O)CC1. The summed E-state index contributed by atoms with van der Waals surface area (Å²) in [5.41, 5.74) is 2.09. The fourth-order valence-electron chi connectivity index (χ4n) is 3.30. The Bertz CT molecular complexity index is 508. The van der Waals surface area contributed by atoms with Crippen molar-refractivity contribution in [2.24, 2.45) is 0 Å². The van der Waals surface area contributed by atoms with Crippen molar-refractivity contribution in [2.75, 3.05) is 5.32 Å². The third-order valence-corrected chi connectivity index (χ3v) is 4.57. The van der Waals surface area contributed by atoms with Gasteiger partial charge in [-0.3, -0.25) is 4.79 Å². The van der Waals surface area contributed by atoms with Gasteiger partial charge in [0.05, 0.1) is 6.10 Å². The largest absolute Gasteiger partial charge is 0.393 e. The highest BCUT2D eigenvalue weighted by Crippen LogP contribution is 2.24. The first-order chi connectivity index (χ1) is 11.0. The van der Waals surface area contributed by atoms with Crippen molar-refractivity contribution in [3.63, 3.8) is 0 Å². The third kappa shape index (κ3) is 5.63. The lowest BCUT2D eigenvalue weighted by molar-refractivity contribution is -0.116. The summed E-state index contributed by atoms with van der Waals surface area (Å²) >= 11 is 0. The molecule has 1 aliphatic rings. The van der Waals surface area contributed by atoms with Crippen LogP contribution in [-0.4, -0.2) is 29.2 Å². The van der Waals surface area contributed by atoms with Gasteiger partial charge in [-0.05, 0) is 50.2 Å². The van der Waals surface area contributed by atoms with Gasteiger partial charge in [-0.1, -0.05) is 32.0 Å². The van der Waals surface area contributed by atoms with E-state index in [-0.39, 0.29) is 18.1 Å². The smallest absolute Gasteiger partial charge is 0.225 e. The summed E-state index contributed by atoms with van der Waals surface area (Å²) < 4.78 is 0. The second-order valence-corrected chi connectivity index (χ2v) is 7.07.